The number of ether oxygens (including phenoxy) is 2. The Hall–Kier alpha value is -2.60. The molecule has 5 nitrogen and oxygen atoms in total. The van der Waals surface area contributed by atoms with Gasteiger partial charge in [0.25, 0.3) is 0 Å². The quantitative estimate of drug-likeness (QED) is 0.677. The van der Waals surface area contributed by atoms with Crippen LogP contribution in [-0.2, 0) is 11.2 Å². The molecule has 2 aromatic rings. The summed E-state index contributed by atoms with van der Waals surface area (Å²) in [6, 6.07) is 9.57. The van der Waals surface area contributed by atoms with Gasteiger partial charge in [0.2, 0.25) is 12.7 Å². The number of carbonyl (C=O) groups is 1. The second kappa shape index (κ2) is 7.11. The molecule has 0 aliphatic carbocycles. The van der Waals surface area contributed by atoms with E-state index >= 15 is 0 Å². The predicted molar refractivity (Wildman–Crippen MR) is 90.9 cm³/mol. The topological polar surface area (TPSA) is 59.9 Å². The SMILES string of the molecule is CC(/C=C/c1ccc2c(c1)OCO2)=N/NC(=O)Cc1cccs1. The van der Waals surface area contributed by atoms with Gasteiger partial charge in [-0.2, -0.15) is 5.10 Å². The molecule has 1 aromatic heterocycles. The molecule has 23 heavy (non-hydrogen) atoms. The van der Waals surface area contributed by atoms with Gasteiger partial charge in [-0.25, -0.2) is 5.43 Å². The molecule has 1 N–H and O–H groups in total. The number of carbonyl (C=O) groups excluding carboxylic acids is 1. The Bertz CT molecular complexity index is 751. The monoisotopic (exact) mass is 328 g/mol. The van der Waals surface area contributed by atoms with E-state index in [1.807, 2.05) is 54.8 Å². The van der Waals surface area contributed by atoms with Crippen molar-refractivity contribution in [2.24, 2.45) is 5.10 Å². The van der Waals surface area contributed by atoms with Crippen molar-refractivity contribution in [2.45, 2.75) is 13.3 Å². The molecule has 0 saturated carbocycles. The fraction of sp³-hybridized carbons (Fsp3) is 0.176. The van der Waals surface area contributed by atoms with Gasteiger partial charge in [0.05, 0.1) is 12.1 Å². The molecule has 1 amide bonds. The van der Waals surface area contributed by atoms with Gasteiger partial charge in [-0.3, -0.25) is 4.79 Å². The van der Waals surface area contributed by atoms with Crippen molar-refractivity contribution < 1.29 is 14.3 Å². The summed E-state index contributed by atoms with van der Waals surface area (Å²) in [6.07, 6.45) is 4.09. The summed E-state index contributed by atoms with van der Waals surface area (Å²) < 4.78 is 10.6. The second-order valence-electron chi connectivity index (χ2n) is 4.99. The number of amides is 1. The van der Waals surface area contributed by atoms with E-state index in [1.165, 1.54) is 0 Å². The van der Waals surface area contributed by atoms with Crippen molar-refractivity contribution in [3.8, 4) is 11.5 Å². The zero-order chi connectivity index (χ0) is 16.1. The van der Waals surface area contributed by atoms with Crippen LogP contribution in [0, 0.1) is 0 Å². The van der Waals surface area contributed by atoms with Crippen LogP contribution in [0.5, 0.6) is 11.5 Å². The van der Waals surface area contributed by atoms with E-state index in [0.29, 0.717) is 12.1 Å². The first kappa shape index (κ1) is 15.3. The summed E-state index contributed by atoms with van der Waals surface area (Å²) in [5.74, 6) is 1.38. The highest BCUT2D eigenvalue weighted by Gasteiger charge is 2.12. The fourth-order valence-electron chi connectivity index (χ4n) is 2.03. The highest BCUT2D eigenvalue weighted by atomic mass is 32.1. The molecule has 1 aliphatic rings. The molecule has 0 saturated heterocycles. The Morgan fingerprint density at radius 1 is 1.35 bits per heavy atom. The van der Waals surface area contributed by atoms with Crippen LogP contribution >= 0.6 is 11.3 Å². The number of hydrogen-bond donors (Lipinski definition) is 1. The molecule has 1 aliphatic heterocycles. The van der Waals surface area contributed by atoms with Crippen molar-refractivity contribution in [3.63, 3.8) is 0 Å². The largest absolute Gasteiger partial charge is 0.454 e. The van der Waals surface area contributed by atoms with E-state index < -0.39 is 0 Å². The van der Waals surface area contributed by atoms with Crippen LogP contribution in [0.1, 0.15) is 17.4 Å². The molecule has 1 aromatic carbocycles. The number of fused-ring (bicyclic) bond motifs is 1. The average Bonchev–Trinajstić information content (AvgIpc) is 3.21. The predicted octanol–water partition coefficient (Wildman–Crippen LogP) is 3.22. The average molecular weight is 328 g/mol. The van der Waals surface area contributed by atoms with Crippen LogP contribution in [0.3, 0.4) is 0 Å². The standard InChI is InChI=1S/C17H16N2O3S/c1-12(18-19-17(20)10-14-3-2-8-23-14)4-5-13-6-7-15-16(9-13)22-11-21-15/h2-9H,10-11H2,1H3,(H,19,20)/b5-4+,18-12-. The molecule has 3 rings (SSSR count). The van der Waals surface area contributed by atoms with Crippen molar-refractivity contribution in [1.29, 1.82) is 0 Å². The van der Waals surface area contributed by atoms with Crippen molar-refractivity contribution in [1.82, 2.24) is 5.43 Å². The number of allylic oxidation sites excluding steroid dienone is 1. The third-order valence-electron chi connectivity index (χ3n) is 3.19. The first-order chi connectivity index (χ1) is 11.2. The Morgan fingerprint density at radius 2 is 2.22 bits per heavy atom. The minimum Gasteiger partial charge on any atom is -0.454 e. The summed E-state index contributed by atoms with van der Waals surface area (Å²) in [7, 11) is 0. The third-order valence-corrected chi connectivity index (χ3v) is 4.06. The number of nitrogens with zero attached hydrogens (tertiary/aromatic N) is 1. The van der Waals surface area contributed by atoms with Crippen LogP contribution in [0.15, 0.2) is 46.9 Å². The number of hydrogen-bond acceptors (Lipinski definition) is 5. The van der Waals surface area contributed by atoms with Crippen LogP contribution in [-0.4, -0.2) is 18.4 Å². The van der Waals surface area contributed by atoms with Crippen LogP contribution in [0.2, 0.25) is 0 Å². The van der Waals surface area contributed by atoms with Crippen LogP contribution < -0.4 is 14.9 Å². The maximum Gasteiger partial charge on any atom is 0.245 e. The lowest BCUT2D eigenvalue weighted by atomic mass is 10.2. The van der Waals surface area contributed by atoms with E-state index in [-0.39, 0.29) is 12.7 Å². The van der Waals surface area contributed by atoms with Crippen molar-refractivity contribution in [2.75, 3.05) is 6.79 Å². The molecule has 0 radical (unpaired) electrons. The van der Waals surface area contributed by atoms with Gasteiger partial charge in [-0.05, 0) is 42.1 Å². The third kappa shape index (κ3) is 4.20. The number of rotatable bonds is 5. The molecule has 0 spiro atoms. The lowest BCUT2D eigenvalue weighted by molar-refractivity contribution is -0.120. The first-order valence-electron chi connectivity index (χ1n) is 7.14. The van der Waals surface area contributed by atoms with E-state index in [1.54, 1.807) is 11.3 Å². The molecule has 0 fully saturated rings. The van der Waals surface area contributed by atoms with Crippen LogP contribution in [0.4, 0.5) is 0 Å². The first-order valence-corrected chi connectivity index (χ1v) is 8.02. The number of nitrogens with one attached hydrogen (secondary N) is 1. The Balaban J connectivity index is 1.55. The van der Waals surface area contributed by atoms with Crippen molar-refractivity contribution in [3.05, 3.63) is 52.2 Å². The van der Waals surface area contributed by atoms with Gasteiger partial charge in [0.1, 0.15) is 0 Å². The molecule has 0 bridgehead atoms. The lowest BCUT2D eigenvalue weighted by Gasteiger charge is -1.99. The summed E-state index contributed by atoms with van der Waals surface area (Å²) >= 11 is 1.56. The second-order valence-corrected chi connectivity index (χ2v) is 6.02. The minimum absolute atomic E-state index is 0.122. The van der Waals surface area contributed by atoms with Gasteiger partial charge < -0.3 is 9.47 Å². The molecule has 0 atom stereocenters. The van der Waals surface area contributed by atoms with E-state index in [9.17, 15) is 4.79 Å². The number of thiophene rings is 1. The molecular formula is C17H16N2O3S. The molecular weight excluding hydrogens is 312 g/mol. The number of benzene rings is 1. The van der Waals surface area contributed by atoms with Gasteiger partial charge >= 0.3 is 0 Å². The van der Waals surface area contributed by atoms with Gasteiger partial charge in [0.15, 0.2) is 11.5 Å². The zero-order valence-electron chi connectivity index (χ0n) is 12.6. The summed E-state index contributed by atoms with van der Waals surface area (Å²) in [4.78, 5) is 12.8. The van der Waals surface area contributed by atoms with E-state index in [4.69, 9.17) is 9.47 Å². The highest BCUT2D eigenvalue weighted by molar-refractivity contribution is 7.10. The van der Waals surface area contributed by atoms with Gasteiger partial charge in [0, 0.05) is 4.88 Å². The zero-order valence-corrected chi connectivity index (χ0v) is 13.4. The van der Waals surface area contributed by atoms with E-state index in [0.717, 1.165) is 21.9 Å². The van der Waals surface area contributed by atoms with Crippen LogP contribution in [0.25, 0.3) is 6.08 Å². The number of hydrazone groups is 1. The normalized spacial score (nSPS) is 13.5. The Labute approximate surface area is 138 Å². The van der Waals surface area contributed by atoms with Gasteiger partial charge in [-0.1, -0.05) is 18.2 Å². The van der Waals surface area contributed by atoms with Crippen molar-refractivity contribution >= 4 is 29.0 Å². The molecule has 2 heterocycles. The van der Waals surface area contributed by atoms with E-state index in [2.05, 4.69) is 10.5 Å². The lowest BCUT2D eigenvalue weighted by Crippen LogP contribution is -2.20. The summed E-state index contributed by atoms with van der Waals surface area (Å²) in [6.45, 7) is 2.09. The maximum absolute atomic E-state index is 11.8. The van der Waals surface area contributed by atoms with Gasteiger partial charge in [-0.15, -0.1) is 11.3 Å². The Morgan fingerprint density at radius 3 is 3.04 bits per heavy atom. The highest BCUT2D eigenvalue weighted by Crippen LogP contribution is 2.32. The Kier molecular flexibility index (Phi) is 4.73. The summed E-state index contributed by atoms with van der Waals surface area (Å²) in [5, 5.41) is 6.02. The minimum atomic E-state index is -0.122. The molecule has 0 unspecified atom stereocenters. The molecule has 6 heteroatoms. The maximum atomic E-state index is 11.8. The fourth-order valence-corrected chi connectivity index (χ4v) is 2.74. The molecule has 118 valence electrons. The smallest absolute Gasteiger partial charge is 0.245 e. The summed E-state index contributed by atoms with van der Waals surface area (Å²) in [5.41, 5.74) is 4.25.